The topological polar surface area (TPSA) is 73.9 Å². The predicted molar refractivity (Wildman–Crippen MR) is 98.8 cm³/mol. The van der Waals surface area contributed by atoms with Crippen molar-refractivity contribution in [2.75, 3.05) is 18.0 Å². The summed E-state index contributed by atoms with van der Waals surface area (Å²) in [7, 11) is 0. The fraction of sp³-hybridized carbons (Fsp3) is 0.278. The number of aromatic nitrogens is 3. The molecule has 6 nitrogen and oxygen atoms in total. The summed E-state index contributed by atoms with van der Waals surface area (Å²) in [4.78, 5) is 19.5. The van der Waals surface area contributed by atoms with Gasteiger partial charge in [0.1, 0.15) is 0 Å². The van der Waals surface area contributed by atoms with Crippen molar-refractivity contribution in [3.8, 4) is 11.3 Å². The van der Waals surface area contributed by atoms with Gasteiger partial charge in [-0.1, -0.05) is 30.3 Å². The quantitative estimate of drug-likeness (QED) is 0.739. The van der Waals surface area contributed by atoms with E-state index >= 15 is 0 Å². The number of hydrogen-bond donors (Lipinski definition) is 2. The van der Waals surface area contributed by atoms with E-state index in [0.717, 1.165) is 35.2 Å². The smallest absolute Gasteiger partial charge is 0.255 e. The maximum absolute atomic E-state index is 12.5. The van der Waals surface area contributed by atoms with E-state index in [4.69, 9.17) is 0 Å². The number of hydrogen-bond acceptors (Lipinski definition) is 5. The van der Waals surface area contributed by atoms with Gasteiger partial charge >= 0.3 is 0 Å². The van der Waals surface area contributed by atoms with E-state index in [2.05, 4.69) is 25.4 Å². The fourth-order valence-electron chi connectivity index (χ4n) is 2.98. The van der Waals surface area contributed by atoms with Gasteiger partial charge < -0.3 is 10.2 Å². The van der Waals surface area contributed by atoms with E-state index in [-0.39, 0.29) is 5.91 Å². The molecule has 3 heterocycles. The monoisotopic (exact) mass is 353 g/mol. The second-order valence-electron chi connectivity index (χ2n) is 6.02. The lowest BCUT2D eigenvalue weighted by atomic mass is 10.1. The second kappa shape index (κ2) is 7.06. The molecule has 0 aliphatic carbocycles. The van der Waals surface area contributed by atoms with E-state index in [1.807, 2.05) is 35.7 Å². The summed E-state index contributed by atoms with van der Waals surface area (Å²) < 4.78 is 0. The first kappa shape index (κ1) is 15.8. The molecule has 1 fully saturated rings. The number of amides is 1. The standard InChI is InChI=1S/C18H19N5OS/c24-17(15-11-20-22-16(15)13-6-2-1-3-7-13)19-10-14-12-25-18(21-14)23-8-4-5-9-23/h1-3,6-7,11-12H,4-5,8-10H2,(H,19,24)(H,20,22). The molecule has 128 valence electrons. The molecule has 7 heteroatoms. The number of nitrogens with zero attached hydrogens (tertiary/aromatic N) is 3. The number of rotatable bonds is 5. The third-order valence-corrected chi connectivity index (χ3v) is 5.24. The number of nitrogens with one attached hydrogen (secondary N) is 2. The molecule has 25 heavy (non-hydrogen) atoms. The van der Waals surface area contributed by atoms with E-state index in [0.29, 0.717) is 12.1 Å². The Hall–Kier alpha value is -2.67. The van der Waals surface area contributed by atoms with Crippen LogP contribution < -0.4 is 10.2 Å². The number of thiazole rings is 1. The molecule has 0 unspecified atom stereocenters. The predicted octanol–water partition coefficient (Wildman–Crippen LogP) is 3.06. The van der Waals surface area contributed by atoms with Crippen LogP contribution in [-0.2, 0) is 6.54 Å². The maximum Gasteiger partial charge on any atom is 0.255 e. The van der Waals surface area contributed by atoms with Crippen molar-refractivity contribution in [2.45, 2.75) is 19.4 Å². The van der Waals surface area contributed by atoms with Crippen molar-refractivity contribution in [2.24, 2.45) is 0 Å². The summed E-state index contributed by atoms with van der Waals surface area (Å²) in [6.45, 7) is 2.58. The molecular formula is C18H19N5OS. The number of H-pyrrole nitrogens is 1. The van der Waals surface area contributed by atoms with Gasteiger partial charge in [0.05, 0.1) is 29.7 Å². The molecule has 1 aliphatic rings. The van der Waals surface area contributed by atoms with Crippen molar-refractivity contribution in [1.82, 2.24) is 20.5 Å². The molecule has 0 spiro atoms. The fourth-order valence-corrected chi connectivity index (χ4v) is 3.86. The summed E-state index contributed by atoms with van der Waals surface area (Å²) in [5.74, 6) is -0.150. The largest absolute Gasteiger partial charge is 0.348 e. The molecule has 1 amide bonds. The lowest BCUT2D eigenvalue weighted by molar-refractivity contribution is 0.0951. The third-order valence-electron chi connectivity index (χ3n) is 4.29. The second-order valence-corrected chi connectivity index (χ2v) is 6.86. The van der Waals surface area contributed by atoms with Crippen LogP contribution in [0.2, 0.25) is 0 Å². The Labute approximate surface area is 149 Å². The molecule has 1 saturated heterocycles. The zero-order valence-corrected chi connectivity index (χ0v) is 14.6. The Morgan fingerprint density at radius 3 is 2.84 bits per heavy atom. The summed E-state index contributed by atoms with van der Waals surface area (Å²) >= 11 is 1.64. The molecule has 0 saturated carbocycles. The van der Waals surface area contributed by atoms with Crippen molar-refractivity contribution in [3.05, 3.63) is 53.2 Å². The number of carbonyl (C=O) groups is 1. The molecule has 0 bridgehead atoms. The average molecular weight is 353 g/mol. The number of carbonyl (C=O) groups excluding carboxylic acids is 1. The SMILES string of the molecule is O=C(NCc1csc(N2CCCC2)n1)c1cn[nH]c1-c1ccccc1. The van der Waals surface area contributed by atoms with Crippen LogP contribution in [0.1, 0.15) is 28.9 Å². The van der Waals surface area contributed by atoms with Crippen LogP contribution in [0.5, 0.6) is 0 Å². The lowest BCUT2D eigenvalue weighted by Gasteiger charge is -2.12. The van der Waals surface area contributed by atoms with Crippen molar-refractivity contribution >= 4 is 22.4 Å². The molecule has 2 aromatic heterocycles. The van der Waals surface area contributed by atoms with Crippen LogP contribution in [0.25, 0.3) is 11.3 Å². The lowest BCUT2D eigenvalue weighted by Crippen LogP contribution is -2.23. The zero-order valence-electron chi connectivity index (χ0n) is 13.7. The average Bonchev–Trinajstić information content (AvgIpc) is 3.41. The normalized spacial score (nSPS) is 14.0. The molecule has 1 aliphatic heterocycles. The zero-order chi connectivity index (χ0) is 17.1. The Morgan fingerprint density at radius 1 is 1.24 bits per heavy atom. The van der Waals surface area contributed by atoms with Gasteiger partial charge in [0, 0.05) is 24.0 Å². The first-order valence-corrected chi connectivity index (χ1v) is 9.25. The van der Waals surface area contributed by atoms with Crippen LogP contribution in [0, 0.1) is 0 Å². The van der Waals surface area contributed by atoms with Crippen LogP contribution in [0.4, 0.5) is 5.13 Å². The first-order chi connectivity index (χ1) is 12.3. The highest BCUT2D eigenvalue weighted by molar-refractivity contribution is 7.13. The van der Waals surface area contributed by atoms with Crippen LogP contribution in [0.3, 0.4) is 0 Å². The third kappa shape index (κ3) is 3.41. The highest BCUT2D eigenvalue weighted by Gasteiger charge is 2.17. The highest BCUT2D eigenvalue weighted by Crippen LogP contribution is 2.24. The molecule has 2 N–H and O–H groups in total. The minimum absolute atomic E-state index is 0.150. The molecular weight excluding hydrogens is 334 g/mol. The van der Waals surface area contributed by atoms with E-state index in [1.54, 1.807) is 17.5 Å². The van der Waals surface area contributed by atoms with Gasteiger partial charge in [-0.25, -0.2) is 4.98 Å². The molecule has 4 rings (SSSR count). The van der Waals surface area contributed by atoms with Crippen molar-refractivity contribution in [1.29, 1.82) is 0 Å². The summed E-state index contributed by atoms with van der Waals surface area (Å²) in [6.07, 6.45) is 4.02. The van der Waals surface area contributed by atoms with E-state index in [9.17, 15) is 4.79 Å². The van der Waals surface area contributed by atoms with E-state index < -0.39 is 0 Å². The van der Waals surface area contributed by atoms with Crippen molar-refractivity contribution in [3.63, 3.8) is 0 Å². The van der Waals surface area contributed by atoms with Gasteiger partial charge in [0.2, 0.25) is 0 Å². The number of aromatic amines is 1. The number of benzene rings is 1. The Kier molecular flexibility index (Phi) is 4.47. The molecule has 1 aromatic carbocycles. The first-order valence-electron chi connectivity index (χ1n) is 8.37. The van der Waals surface area contributed by atoms with Crippen LogP contribution in [0.15, 0.2) is 41.9 Å². The Bertz CT molecular complexity index is 851. The molecule has 0 radical (unpaired) electrons. The minimum atomic E-state index is -0.150. The summed E-state index contributed by atoms with van der Waals surface area (Å²) in [6, 6.07) is 9.72. The van der Waals surface area contributed by atoms with Gasteiger partial charge in [0.15, 0.2) is 5.13 Å². The van der Waals surface area contributed by atoms with E-state index in [1.165, 1.54) is 12.8 Å². The molecule has 3 aromatic rings. The van der Waals surface area contributed by atoms with Gasteiger partial charge in [-0.15, -0.1) is 11.3 Å². The Morgan fingerprint density at radius 2 is 2.04 bits per heavy atom. The summed E-state index contributed by atoms with van der Waals surface area (Å²) in [5, 5.41) is 12.9. The van der Waals surface area contributed by atoms with Gasteiger partial charge in [-0.05, 0) is 12.8 Å². The minimum Gasteiger partial charge on any atom is -0.348 e. The van der Waals surface area contributed by atoms with Crippen LogP contribution >= 0.6 is 11.3 Å². The summed E-state index contributed by atoms with van der Waals surface area (Å²) in [5.41, 5.74) is 3.11. The highest BCUT2D eigenvalue weighted by atomic mass is 32.1. The Balaban J connectivity index is 1.42. The molecule has 0 atom stereocenters. The van der Waals surface area contributed by atoms with Crippen molar-refractivity contribution < 1.29 is 4.79 Å². The van der Waals surface area contributed by atoms with Crippen LogP contribution in [-0.4, -0.2) is 34.2 Å². The van der Waals surface area contributed by atoms with Gasteiger partial charge in [0.25, 0.3) is 5.91 Å². The maximum atomic E-state index is 12.5. The van der Waals surface area contributed by atoms with Gasteiger partial charge in [-0.3, -0.25) is 9.89 Å². The van der Waals surface area contributed by atoms with Gasteiger partial charge in [-0.2, -0.15) is 5.10 Å². The number of anilines is 1.